The molecular formula is C28H20N8O. The molecule has 0 unspecified atom stereocenters. The highest BCUT2D eigenvalue weighted by Gasteiger charge is 2.13. The molecular weight excluding hydrogens is 464 g/mol. The van der Waals surface area contributed by atoms with Crippen molar-refractivity contribution in [2.24, 2.45) is 0 Å². The summed E-state index contributed by atoms with van der Waals surface area (Å²) in [5, 5.41) is 14.3. The molecule has 0 amide bonds. The first-order chi connectivity index (χ1) is 18.2. The topological polar surface area (TPSA) is 125 Å². The second-order valence-electron chi connectivity index (χ2n) is 8.09. The molecule has 6 rings (SSSR count). The highest BCUT2D eigenvalue weighted by atomic mass is 16.5. The molecule has 2 aromatic carbocycles. The van der Waals surface area contributed by atoms with Gasteiger partial charge < -0.3 is 15.8 Å². The summed E-state index contributed by atoms with van der Waals surface area (Å²) in [7, 11) is 0. The molecule has 9 heteroatoms. The number of nitrogens with zero attached hydrogens (tertiary/aromatic N) is 6. The molecule has 3 N–H and O–H groups in total. The second kappa shape index (κ2) is 9.67. The van der Waals surface area contributed by atoms with Crippen LogP contribution in [-0.2, 0) is 0 Å². The van der Waals surface area contributed by atoms with E-state index >= 15 is 0 Å². The Labute approximate surface area is 212 Å². The zero-order chi connectivity index (χ0) is 25.0. The third-order valence-electron chi connectivity index (χ3n) is 5.68. The van der Waals surface area contributed by atoms with Crippen LogP contribution in [0.25, 0.3) is 33.3 Å². The Balaban J connectivity index is 1.26. The lowest BCUT2D eigenvalue weighted by molar-refractivity contribution is 0.465. The van der Waals surface area contributed by atoms with Crippen LogP contribution >= 0.6 is 0 Å². The molecule has 178 valence electrons. The van der Waals surface area contributed by atoms with Crippen molar-refractivity contribution >= 4 is 28.2 Å². The normalized spacial score (nSPS) is 10.8. The lowest BCUT2D eigenvalue weighted by atomic mass is 10.1. The van der Waals surface area contributed by atoms with Gasteiger partial charge in [-0.2, -0.15) is 0 Å². The van der Waals surface area contributed by atoms with E-state index in [1.165, 1.54) is 0 Å². The molecule has 0 saturated carbocycles. The molecule has 37 heavy (non-hydrogen) atoms. The molecule has 0 saturated heterocycles. The van der Waals surface area contributed by atoms with Gasteiger partial charge >= 0.3 is 0 Å². The van der Waals surface area contributed by atoms with Crippen LogP contribution in [0.5, 0.6) is 11.6 Å². The molecule has 0 aliphatic heterocycles. The van der Waals surface area contributed by atoms with Crippen LogP contribution in [0.1, 0.15) is 0 Å². The van der Waals surface area contributed by atoms with Crippen LogP contribution < -0.4 is 15.8 Å². The number of hydrogen-bond donors (Lipinski definition) is 2. The molecule has 9 nitrogen and oxygen atoms in total. The summed E-state index contributed by atoms with van der Waals surface area (Å²) in [5.74, 6) is 1.89. The average Bonchev–Trinajstić information content (AvgIpc) is 2.95. The SMILES string of the molecule is Nc1nccc(-c2cccnc2Oc2ccc(Nc3nnc(-c4cccnc4)c4ccccc34)cc2)n1. The van der Waals surface area contributed by atoms with Gasteiger partial charge in [0.2, 0.25) is 11.8 Å². The quantitative estimate of drug-likeness (QED) is 0.308. The van der Waals surface area contributed by atoms with Crippen molar-refractivity contribution < 1.29 is 4.74 Å². The maximum atomic E-state index is 6.07. The lowest BCUT2D eigenvalue weighted by Gasteiger charge is -2.12. The Morgan fingerprint density at radius 1 is 0.730 bits per heavy atom. The van der Waals surface area contributed by atoms with E-state index in [4.69, 9.17) is 10.5 Å². The predicted octanol–water partition coefficient (Wildman–Crippen LogP) is 5.66. The summed E-state index contributed by atoms with van der Waals surface area (Å²) in [5.41, 5.74) is 9.64. The van der Waals surface area contributed by atoms with E-state index in [1.807, 2.05) is 72.8 Å². The van der Waals surface area contributed by atoms with E-state index in [9.17, 15) is 0 Å². The molecule has 0 aliphatic rings. The summed E-state index contributed by atoms with van der Waals surface area (Å²) in [4.78, 5) is 16.8. The number of fused-ring (bicyclic) bond motifs is 1. The van der Waals surface area contributed by atoms with Gasteiger partial charge in [-0.15, -0.1) is 10.2 Å². The van der Waals surface area contributed by atoms with E-state index in [2.05, 4.69) is 35.5 Å². The lowest BCUT2D eigenvalue weighted by Crippen LogP contribution is -1.99. The number of hydrogen-bond acceptors (Lipinski definition) is 9. The fourth-order valence-electron chi connectivity index (χ4n) is 3.96. The summed E-state index contributed by atoms with van der Waals surface area (Å²) in [6.45, 7) is 0. The predicted molar refractivity (Wildman–Crippen MR) is 142 cm³/mol. The van der Waals surface area contributed by atoms with Crippen molar-refractivity contribution in [3.05, 3.63) is 104 Å². The Morgan fingerprint density at radius 3 is 2.38 bits per heavy atom. The number of rotatable bonds is 6. The zero-order valence-electron chi connectivity index (χ0n) is 19.5. The van der Waals surface area contributed by atoms with Gasteiger partial charge in [0.25, 0.3) is 0 Å². The molecule has 4 aromatic heterocycles. The largest absolute Gasteiger partial charge is 0.438 e. The minimum Gasteiger partial charge on any atom is -0.438 e. The van der Waals surface area contributed by atoms with E-state index < -0.39 is 0 Å². The van der Waals surface area contributed by atoms with Gasteiger partial charge in [-0.25, -0.2) is 15.0 Å². The molecule has 0 radical (unpaired) electrons. The number of benzene rings is 2. The third kappa shape index (κ3) is 4.61. The first kappa shape index (κ1) is 22.1. The number of pyridine rings is 2. The van der Waals surface area contributed by atoms with Crippen molar-refractivity contribution in [1.82, 2.24) is 30.1 Å². The van der Waals surface area contributed by atoms with Gasteiger partial charge in [-0.3, -0.25) is 4.98 Å². The number of nitrogens with two attached hydrogens (primary N) is 1. The highest BCUT2D eigenvalue weighted by molar-refractivity contribution is 6.00. The van der Waals surface area contributed by atoms with Crippen molar-refractivity contribution in [2.45, 2.75) is 0 Å². The van der Waals surface area contributed by atoms with Crippen molar-refractivity contribution in [1.29, 1.82) is 0 Å². The maximum absolute atomic E-state index is 6.07. The first-order valence-electron chi connectivity index (χ1n) is 11.5. The second-order valence-corrected chi connectivity index (χ2v) is 8.09. The Bertz CT molecular complexity index is 1690. The monoisotopic (exact) mass is 484 g/mol. The molecule has 0 fully saturated rings. The Hall–Kier alpha value is -5.44. The number of nitrogens with one attached hydrogen (secondary N) is 1. The molecule has 4 heterocycles. The molecule has 0 spiro atoms. The van der Waals surface area contributed by atoms with Crippen LogP contribution in [0, 0.1) is 0 Å². The highest BCUT2D eigenvalue weighted by Crippen LogP contribution is 2.33. The van der Waals surface area contributed by atoms with Gasteiger partial charge in [0.1, 0.15) is 11.4 Å². The van der Waals surface area contributed by atoms with Gasteiger partial charge in [0.15, 0.2) is 5.82 Å². The van der Waals surface area contributed by atoms with E-state index in [1.54, 1.807) is 30.9 Å². The van der Waals surface area contributed by atoms with E-state index in [-0.39, 0.29) is 5.95 Å². The van der Waals surface area contributed by atoms with Gasteiger partial charge in [-0.05, 0) is 54.6 Å². The number of nitrogen functional groups attached to an aromatic ring is 1. The van der Waals surface area contributed by atoms with Crippen molar-refractivity contribution in [2.75, 3.05) is 11.1 Å². The van der Waals surface area contributed by atoms with Crippen LogP contribution in [0.15, 0.2) is 104 Å². The Morgan fingerprint density at radius 2 is 1.57 bits per heavy atom. The van der Waals surface area contributed by atoms with Crippen LogP contribution in [0.2, 0.25) is 0 Å². The fraction of sp³-hybridized carbons (Fsp3) is 0. The number of anilines is 3. The number of ether oxygens (including phenoxy) is 1. The van der Waals surface area contributed by atoms with E-state index in [0.717, 1.165) is 27.7 Å². The molecule has 0 atom stereocenters. The molecule has 0 bridgehead atoms. The Kier molecular flexibility index (Phi) is 5.76. The third-order valence-corrected chi connectivity index (χ3v) is 5.68. The minimum atomic E-state index is 0.187. The number of aromatic nitrogens is 6. The van der Waals surface area contributed by atoms with Crippen LogP contribution in [0.4, 0.5) is 17.5 Å². The summed E-state index contributed by atoms with van der Waals surface area (Å²) >= 11 is 0. The van der Waals surface area contributed by atoms with Crippen molar-refractivity contribution in [3.63, 3.8) is 0 Å². The van der Waals surface area contributed by atoms with Crippen molar-refractivity contribution in [3.8, 4) is 34.1 Å². The summed E-state index contributed by atoms with van der Waals surface area (Å²) < 4.78 is 6.07. The minimum absolute atomic E-state index is 0.187. The maximum Gasteiger partial charge on any atom is 0.228 e. The first-order valence-corrected chi connectivity index (χ1v) is 11.5. The van der Waals surface area contributed by atoms with Gasteiger partial charge in [0.05, 0.1) is 11.3 Å². The van der Waals surface area contributed by atoms with E-state index in [0.29, 0.717) is 28.7 Å². The summed E-state index contributed by atoms with van der Waals surface area (Å²) in [6, 6.07) is 24.9. The van der Waals surface area contributed by atoms with Crippen LogP contribution in [-0.4, -0.2) is 30.1 Å². The average molecular weight is 485 g/mol. The molecule has 0 aliphatic carbocycles. The smallest absolute Gasteiger partial charge is 0.228 e. The standard InChI is InChI=1S/C28H20N8O/c29-28-32-16-13-24(34-28)23-8-4-15-31-27(23)37-20-11-9-19(10-12-20)33-26-22-7-2-1-6-21(22)25(35-36-26)18-5-3-14-30-17-18/h1-17H,(H,33,36)(H2,29,32,34). The van der Waals surface area contributed by atoms with Gasteiger partial charge in [0, 0.05) is 46.8 Å². The summed E-state index contributed by atoms with van der Waals surface area (Å²) in [6.07, 6.45) is 6.79. The zero-order valence-corrected chi connectivity index (χ0v) is 19.5. The fourth-order valence-corrected chi connectivity index (χ4v) is 3.96. The van der Waals surface area contributed by atoms with Crippen LogP contribution in [0.3, 0.4) is 0 Å². The van der Waals surface area contributed by atoms with Gasteiger partial charge in [-0.1, -0.05) is 24.3 Å². The molecule has 6 aromatic rings.